The van der Waals surface area contributed by atoms with E-state index in [4.69, 9.17) is 0 Å². The van der Waals surface area contributed by atoms with Crippen molar-refractivity contribution in [3.05, 3.63) is 58.5 Å². The number of imidazole rings is 1. The average Bonchev–Trinajstić information content (AvgIpc) is 3.07. The van der Waals surface area contributed by atoms with Gasteiger partial charge in [-0.3, -0.25) is 0 Å². The minimum Gasteiger partial charge on any atom is -0.308 e. The molecular weight excluding hydrogens is 286 g/mol. The van der Waals surface area contributed by atoms with Crippen molar-refractivity contribution >= 4 is 0 Å². The van der Waals surface area contributed by atoms with Crippen molar-refractivity contribution in [2.45, 2.75) is 65.0 Å². The molecule has 2 aromatic rings. The molecule has 0 saturated carbocycles. The summed E-state index contributed by atoms with van der Waals surface area (Å²) in [6.07, 6.45) is 10.7. The van der Waals surface area contributed by atoms with Crippen LogP contribution in [-0.2, 0) is 6.42 Å². The normalized spacial score (nSPS) is 12.5. The number of aryl methyl sites for hydroxylation is 1. The second kappa shape index (κ2) is 8.61. The molecular formula is C19H27N3O. The van der Waals surface area contributed by atoms with Gasteiger partial charge in [-0.05, 0) is 35.1 Å². The van der Waals surface area contributed by atoms with Gasteiger partial charge in [0, 0.05) is 18.0 Å². The van der Waals surface area contributed by atoms with Gasteiger partial charge in [0.15, 0.2) is 6.17 Å². The molecule has 0 saturated heterocycles. The Morgan fingerprint density at radius 1 is 1.17 bits per heavy atom. The number of unbranched alkanes of at least 4 members (excludes halogenated alkanes) is 3. The van der Waals surface area contributed by atoms with Crippen molar-refractivity contribution in [1.82, 2.24) is 9.55 Å². The van der Waals surface area contributed by atoms with Gasteiger partial charge in [-0.1, -0.05) is 58.2 Å². The maximum atomic E-state index is 11.4. The van der Waals surface area contributed by atoms with E-state index < -0.39 is 6.17 Å². The van der Waals surface area contributed by atoms with Crippen molar-refractivity contribution in [3.63, 3.8) is 0 Å². The zero-order valence-electron chi connectivity index (χ0n) is 14.4. The topological polar surface area (TPSA) is 47.2 Å². The Labute approximate surface area is 138 Å². The van der Waals surface area contributed by atoms with E-state index in [9.17, 15) is 4.91 Å². The fourth-order valence-electron chi connectivity index (χ4n) is 2.96. The smallest absolute Gasteiger partial charge is 0.194 e. The fraction of sp³-hybridized carbons (Fsp3) is 0.526. The number of hydrogen-bond acceptors (Lipinski definition) is 3. The molecule has 4 nitrogen and oxygen atoms in total. The lowest BCUT2D eigenvalue weighted by Crippen LogP contribution is -2.10. The van der Waals surface area contributed by atoms with Crippen LogP contribution in [0.5, 0.6) is 0 Å². The third kappa shape index (κ3) is 4.50. The number of rotatable bonds is 9. The first-order chi connectivity index (χ1) is 11.2. The Morgan fingerprint density at radius 3 is 2.61 bits per heavy atom. The van der Waals surface area contributed by atoms with Crippen LogP contribution in [0.3, 0.4) is 0 Å². The van der Waals surface area contributed by atoms with E-state index in [1.165, 1.54) is 36.8 Å². The lowest BCUT2D eigenvalue weighted by atomic mass is 9.92. The van der Waals surface area contributed by atoms with Crippen molar-refractivity contribution < 1.29 is 0 Å². The van der Waals surface area contributed by atoms with E-state index in [-0.39, 0.29) is 0 Å². The Kier molecular flexibility index (Phi) is 6.51. The van der Waals surface area contributed by atoms with Crippen molar-refractivity contribution in [3.8, 4) is 0 Å². The first-order valence-corrected chi connectivity index (χ1v) is 8.60. The number of nitrogens with zero attached hydrogens (tertiary/aromatic N) is 3. The van der Waals surface area contributed by atoms with Gasteiger partial charge >= 0.3 is 0 Å². The van der Waals surface area contributed by atoms with Crippen LogP contribution in [0.4, 0.5) is 0 Å². The molecule has 0 aliphatic heterocycles. The third-order valence-corrected chi connectivity index (χ3v) is 4.28. The minimum absolute atomic E-state index is 0.355. The molecule has 124 valence electrons. The van der Waals surface area contributed by atoms with Crippen LogP contribution in [0.15, 0.2) is 42.1 Å². The van der Waals surface area contributed by atoms with Crippen molar-refractivity contribution in [2.24, 2.45) is 5.18 Å². The first kappa shape index (κ1) is 17.4. The van der Waals surface area contributed by atoms with Gasteiger partial charge in [0.1, 0.15) is 0 Å². The number of nitroso groups, excluding NO2 is 1. The first-order valence-electron chi connectivity index (χ1n) is 8.60. The highest BCUT2D eigenvalue weighted by Gasteiger charge is 2.19. The van der Waals surface area contributed by atoms with Crippen molar-refractivity contribution in [2.75, 3.05) is 0 Å². The summed E-state index contributed by atoms with van der Waals surface area (Å²) in [6, 6.07) is 6.46. The molecule has 1 aromatic heterocycles. The molecule has 0 radical (unpaired) electrons. The minimum atomic E-state index is -0.538. The molecule has 0 fully saturated rings. The Balaban J connectivity index is 2.24. The largest absolute Gasteiger partial charge is 0.308 e. The van der Waals surface area contributed by atoms with Gasteiger partial charge in [-0.25, -0.2) is 4.98 Å². The van der Waals surface area contributed by atoms with E-state index in [0.717, 1.165) is 12.0 Å². The van der Waals surface area contributed by atoms with Crippen LogP contribution >= 0.6 is 0 Å². The van der Waals surface area contributed by atoms with Gasteiger partial charge in [0.05, 0.1) is 6.33 Å². The SMILES string of the molecule is CCCCCCc1ccc(C(N=O)n2ccnc2)c(C(C)C)c1. The molecule has 4 heteroatoms. The predicted octanol–water partition coefficient (Wildman–Crippen LogP) is 5.44. The molecule has 0 amide bonds. The summed E-state index contributed by atoms with van der Waals surface area (Å²) < 4.78 is 1.76. The molecule has 23 heavy (non-hydrogen) atoms. The third-order valence-electron chi connectivity index (χ3n) is 4.28. The van der Waals surface area contributed by atoms with Gasteiger partial charge in [-0.2, -0.15) is 0 Å². The second-order valence-electron chi connectivity index (χ2n) is 6.42. The molecule has 0 aliphatic rings. The highest BCUT2D eigenvalue weighted by Crippen LogP contribution is 2.30. The molecule has 1 aromatic carbocycles. The van der Waals surface area contributed by atoms with E-state index in [0.29, 0.717) is 5.92 Å². The van der Waals surface area contributed by atoms with Gasteiger partial charge in [-0.15, -0.1) is 4.91 Å². The summed E-state index contributed by atoms with van der Waals surface area (Å²) in [5, 5.41) is 3.33. The summed E-state index contributed by atoms with van der Waals surface area (Å²) >= 11 is 0. The summed E-state index contributed by atoms with van der Waals surface area (Å²) in [5.74, 6) is 0.355. The summed E-state index contributed by atoms with van der Waals surface area (Å²) in [5.41, 5.74) is 3.53. The second-order valence-corrected chi connectivity index (χ2v) is 6.42. The summed E-state index contributed by atoms with van der Waals surface area (Å²) in [6.45, 7) is 6.55. The van der Waals surface area contributed by atoms with Crippen LogP contribution in [0.25, 0.3) is 0 Å². The molecule has 0 bridgehead atoms. The molecule has 1 heterocycles. The van der Waals surface area contributed by atoms with Crippen molar-refractivity contribution in [1.29, 1.82) is 0 Å². The number of aromatic nitrogens is 2. The van der Waals surface area contributed by atoms with Crippen LogP contribution < -0.4 is 0 Å². The summed E-state index contributed by atoms with van der Waals surface area (Å²) in [7, 11) is 0. The Bertz CT molecular complexity index is 605. The molecule has 0 aliphatic carbocycles. The van der Waals surface area contributed by atoms with Gasteiger partial charge in [0.2, 0.25) is 0 Å². The van der Waals surface area contributed by atoms with E-state index in [2.05, 4.69) is 49.1 Å². The van der Waals surface area contributed by atoms with Gasteiger partial charge in [0.25, 0.3) is 0 Å². The maximum absolute atomic E-state index is 11.4. The maximum Gasteiger partial charge on any atom is 0.194 e. The zero-order chi connectivity index (χ0) is 16.7. The molecule has 2 rings (SSSR count). The van der Waals surface area contributed by atoms with Gasteiger partial charge < -0.3 is 4.57 Å². The fourth-order valence-corrected chi connectivity index (χ4v) is 2.96. The molecule has 1 atom stereocenters. The van der Waals surface area contributed by atoms with E-state index >= 15 is 0 Å². The standard InChI is InChI=1S/C19H27N3O/c1-4-5-6-7-8-16-9-10-17(18(13-16)15(2)3)19(21-23)22-12-11-20-14-22/h9-15,19H,4-8H2,1-3H3. The predicted molar refractivity (Wildman–Crippen MR) is 94.5 cm³/mol. The van der Waals surface area contributed by atoms with Crippen LogP contribution in [0.2, 0.25) is 0 Å². The highest BCUT2D eigenvalue weighted by atomic mass is 16.3. The monoisotopic (exact) mass is 313 g/mol. The lowest BCUT2D eigenvalue weighted by molar-refractivity contribution is 0.595. The quantitative estimate of drug-likeness (QED) is 0.457. The van der Waals surface area contributed by atoms with Crippen LogP contribution in [0, 0.1) is 4.91 Å². The summed E-state index contributed by atoms with van der Waals surface area (Å²) in [4.78, 5) is 15.4. The average molecular weight is 313 g/mol. The Morgan fingerprint density at radius 2 is 2.00 bits per heavy atom. The highest BCUT2D eigenvalue weighted by molar-refractivity contribution is 5.37. The Hall–Kier alpha value is -1.97. The molecule has 0 N–H and O–H groups in total. The van der Waals surface area contributed by atoms with E-state index in [1.54, 1.807) is 23.3 Å². The van der Waals surface area contributed by atoms with E-state index in [1.807, 2.05) is 0 Å². The molecule has 1 unspecified atom stereocenters. The molecule has 0 spiro atoms. The van der Waals surface area contributed by atoms with Crippen LogP contribution in [-0.4, -0.2) is 9.55 Å². The number of benzene rings is 1. The lowest BCUT2D eigenvalue weighted by Gasteiger charge is -2.19. The van der Waals surface area contributed by atoms with Crippen LogP contribution in [0.1, 0.15) is 75.2 Å². The number of hydrogen-bond donors (Lipinski definition) is 0. The zero-order valence-corrected chi connectivity index (χ0v) is 14.4.